The SMILES string of the molecule is C=CCN(C)S(=O)(=O)c1cc(CNC2CC2)sc1Br. The minimum absolute atomic E-state index is 0.306. The maximum absolute atomic E-state index is 12.3. The number of halogens is 1. The van der Waals surface area contributed by atoms with Gasteiger partial charge in [0.25, 0.3) is 0 Å². The summed E-state index contributed by atoms with van der Waals surface area (Å²) in [6, 6.07) is 2.36. The largest absolute Gasteiger partial charge is 0.309 e. The van der Waals surface area contributed by atoms with Crippen molar-refractivity contribution in [3.8, 4) is 0 Å². The van der Waals surface area contributed by atoms with Gasteiger partial charge in [-0.2, -0.15) is 4.31 Å². The average molecular weight is 365 g/mol. The van der Waals surface area contributed by atoms with Gasteiger partial charge in [-0.15, -0.1) is 17.9 Å². The summed E-state index contributed by atoms with van der Waals surface area (Å²) in [4.78, 5) is 1.37. The van der Waals surface area contributed by atoms with E-state index in [4.69, 9.17) is 0 Å². The van der Waals surface area contributed by atoms with Crippen molar-refractivity contribution >= 4 is 37.3 Å². The van der Waals surface area contributed by atoms with E-state index in [9.17, 15) is 8.42 Å². The number of nitrogens with zero attached hydrogens (tertiary/aromatic N) is 1. The Morgan fingerprint density at radius 3 is 2.89 bits per heavy atom. The first-order valence-corrected chi connectivity index (χ1v) is 9.09. The van der Waals surface area contributed by atoms with E-state index in [-0.39, 0.29) is 0 Å². The van der Waals surface area contributed by atoms with E-state index in [1.54, 1.807) is 19.2 Å². The van der Waals surface area contributed by atoms with Crippen LogP contribution in [0.15, 0.2) is 27.4 Å². The number of nitrogens with one attached hydrogen (secondary N) is 1. The number of likely N-dealkylation sites (N-methyl/N-ethyl adjacent to an activating group) is 1. The topological polar surface area (TPSA) is 49.4 Å². The van der Waals surface area contributed by atoms with Gasteiger partial charge in [0.2, 0.25) is 10.0 Å². The summed E-state index contributed by atoms with van der Waals surface area (Å²) in [7, 11) is -1.88. The van der Waals surface area contributed by atoms with Crippen LogP contribution in [0.25, 0.3) is 0 Å². The summed E-state index contributed by atoms with van der Waals surface area (Å²) in [5, 5.41) is 3.38. The summed E-state index contributed by atoms with van der Waals surface area (Å²) in [6.45, 7) is 4.60. The molecule has 1 saturated carbocycles. The maximum atomic E-state index is 12.3. The Labute approximate surface area is 126 Å². The molecule has 7 heteroatoms. The highest BCUT2D eigenvalue weighted by Crippen LogP contribution is 2.33. The normalized spacial score (nSPS) is 15.9. The molecule has 0 atom stereocenters. The van der Waals surface area contributed by atoms with Crippen LogP contribution in [-0.2, 0) is 16.6 Å². The van der Waals surface area contributed by atoms with Crippen molar-refractivity contribution in [1.82, 2.24) is 9.62 Å². The molecule has 106 valence electrons. The molecule has 1 fully saturated rings. The zero-order valence-electron chi connectivity index (χ0n) is 10.7. The predicted octanol–water partition coefficient (Wildman–Crippen LogP) is 2.57. The van der Waals surface area contributed by atoms with Crippen molar-refractivity contribution in [1.29, 1.82) is 0 Å². The molecule has 1 aliphatic carbocycles. The standard InChI is InChI=1S/C12H17BrN2O2S2/c1-3-6-15(2)19(16,17)11-7-10(18-12(11)13)8-14-9-4-5-9/h3,7,9,14H,1,4-6,8H2,2H3. The van der Waals surface area contributed by atoms with Crippen LogP contribution in [0.5, 0.6) is 0 Å². The van der Waals surface area contributed by atoms with Gasteiger partial charge in [-0.3, -0.25) is 0 Å². The van der Waals surface area contributed by atoms with Gasteiger partial charge in [0, 0.05) is 31.1 Å². The number of thiophene rings is 1. The van der Waals surface area contributed by atoms with Crippen LogP contribution in [-0.4, -0.2) is 32.4 Å². The van der Waals surface area contributed by atoms with Gasteiger partial charge in [-0.1, -0.05) is 6.08 Å². The third-order valence-electron chi connectivity index (χ3n) is 2.92. The zero-order chi connectivity index (χ0) is 14.0. The van der Waals surface area contributed by atoms with Gasteiger partial charge in [-0.05, 0) is 34.8 Å². The fourth-order valence-corrected chi connectivity index (χ4v) is 5.36. The first-order chi connectivity index (χ1) is 8.95. The molecule has 4 nitrogen and oxygen atoms in total. The summed E-state index contributed by atoms with van der Waals surface area (Å²) in [5.74, 6) is 0. The molecule has 1 N–H and O–H groups in total. The lowest BCUT2D eigenvalue weighted by molar-refractivity contribution is 0.499. The van der Waals surface area contributed by atoms with Gasteiger partial charge >= 0.3 is 0 Å². The Kier molecular flexibility index (Phi) is 4.84. The Bertz CT molecular complexity index is 564. The third-order valence-corrected chi connectivity index (χ3v) is 7.00. The second-order valence-electron chi connectivity index (χ2n) is 4.58. The fourth-order valence-electron chi connectivity index (χ4n) is 1.64. The number of rotatable bonds is 7. The van der Waals surface area contributed by atoms with E-state index in [0.29, 0.717) is 21.3 Å². The maximum Gasteiger partial charge on any atom is 0.245 e. The second-order valence-corrected chi connectivity index (χ2v) is 9.05. The highest BCUT2D eigenvalue weighted by atomic mass is 79.9. The number of hydrogen-bond donors (Lipinski definition) is 1. The van der Waals surface area contributed by atoms with E-state index in [1.807, 2.05) is 0 Å². The van der Waals surface area contributed by atoms with Crippen LogP contribution in [0.3, 0.4) is 0 Å². The highest BCUT2D eigenvalue weighted by Gasteiger charge is 2.26. The van der Waals surface area contributed by atoms with Crippen LogP contribution in [0.1, 0.15) is 17.7 Å². The van der Waals surface area contributed by atoms with Gasteiger partial charge in [0.15, 0.2) is 0 Å². The molecule has 0 saturated heterocycles. The predicted molar refractivity (Wildman–Crippen MR) is 81.9 cm³/mol. The second kappa shape index (κ2) is 6.05. The molecule has 0 bridgehead atoms. The number of sulfonamides is 1. The van der Waals surface area contributed by atoms with Crippen LogP contribution in [0, 0.1) is 0 Å². The Balaban J connectivity index is 2.16. The molecule has 0 aliphatic heterocycles. The Morgan fingerprint density at radius 1 is 1.63 bits per heavy atom. The van der Waals surface area contributed by atoms with Crippen molar-refractivity contribution in [3.63, 3.8) is 0 Å². The van der Waals surface area contributed by atoms with Crippen LogP contribution < -0.4 is 5.32 Å². The highest BCUT2D eigenvalue weighted by molar-refractivity contribution is 9.11. The van der Waals surface area contributed by atoms with Crippen LogP contribution >= 0.6 is 27.3 Å². The molecule has 0 unspecified atom stereocenters. The molecule has 1 aromatic rings. The lowest BCUT2D eigenvalue weighted by Gasteiger charge is -2.14. The summed E-state index contributed by atoms with van der Waals surface area (Å²) >= 11 is 4.82. The lowest BCUT2D eigenvalue weighted by Crippen LogP contribution is -2.26. The van der Waals surface area contributed by atoms with Gasteiger partial charge < -0.3 is 5.32 Å². The van der Waals surface area contributed by atoms with E-state index in [1.165, 1.54) is 28.5 Å². The first kappa shape index (κ1) is 15.2. The van der Waals surface area contributed by atoms with E-state index in [0.717, 1.165) is 11.4 Å². The van der Waals surface area contributed by atoms with Gasteiger partial charge in [-0.25, -0.2) is 8.42 Å². The summed E-state index contributed by atoms with van der Waals surface area (Å²) < 4.78 is 26.6. The van der Waals surface area contributed by atoms with Crippen LogP contribution in [0.2, 0.25) is 0 Å². The molecule has 1 heterocycles. The molecular weight excluding hydrogens is 348 g/mol. The van der Waals surface area contributed by atoms with Crippen molar-refractivity contribution in [2.75, 3.05) is 13.6 Å². The molecule has 19 heavy (non-hydrogen) atoms. The van der Waals surface area contributed by atoms with E-state index in [2.05, 4.69) is 27.8 Å². The molecule has 0 radical (unpaired) electrons. The molecular formula is C12H17BrN2O2S2. The van der Waals surface area contributed by atoms with Crippen molar-refractivity contribution in [3.05, 3.63) is 27.4 Å². The van der Waals surface area contributed by atoms with E-state index >= 15 is 0 Å². The fraction of sp³-hybridized carbons (Fsp3) is 0.500. The molecule has 0 spiro atoms. The Hall–Kier alpha value is -0.210. The quantitative estimate of drug-likeness (QED) is 0.756. The van der Waals surface area contributed by atoms with Crippen molar-refractivity contribution < 1.29 is 8.42 Å². The van der Waals surface area contributed by atoms with Gasteiger partial charge in [0.1, 0.15) is 4.90 Å². The third kappa shape index (κ3) is 3.66. The molecule has 2 rings (SSSR count). The molecule has 1 aliphatic rings. The van der Waals surface area contributed by atoms with Crippen molar-refractivity contribution in [2.45, 2.75) is 30.3 Å². The van der Waals surface area contributed by atoms with E-state index < -0.39 is 10.0 Å². The first-order valence-electron chi connectivity index (χ1n) is 6.04. The lowest BCUT2D eigenvalue weighted by atomic mass is 10.4. The molecule has 0 aromatic carbocycles. The zero-order valence-corrected chi connectivity index (χ0v) is 13.9. The van der Waals surface area contributed by atoms with Gasteiger partial charge in [0.05, 0.1) is 3.79 Å². The van der Waals surface area contributed by atoms with Crippen LogP contribution in [0.4, 0.5) is 0 Å². The number of hydrogen-bond acceptors (Lipinski definition) is 4. The molecule has 1 aromatic heterocycles. The minimum Gasteiger partial charge on any atom is -0.309 e. The van der Waals surface area contributed by atoms with Crippen molar-refractivity contribution in [2.24, 2.45) is 0 Å². The minimum atomic E-state index is -3.44. The summed E-state index contributed by atoms with van der Waals surface area (Å²) in [5.41, 5.74) is 0. The average Bonchev–Trinajstić information content (AvgIpc) is 3.10. The summed E-state index contributed by atoms with van der Waals surface area (Å²) in [6.07, 6.45) is 4.02. The molecule has 0 amide bonds. The Morgan fingerprint density at radius 2 is 2.32 bits per heavy atom. The smallest absolute Gasteiger partial charge is 0.245 e. The monoisotopic (exact) mass is 364 g/mol.